The number of hydrogen-bond acceptors (Lipinski definition) is 5. The van der Waals surface area contributed by atoms with Crippen molar-refractivity contribution in [2.75, 3.05) is 6.61 Å². The van der Waals surface area contributed by atoms with Gasteiger partial charge in [0.1, 0.15) is 5.76 Å². The number of furan rings is 1. The second kappa shape index (κ2) is 5.52. The average molecular weight is 274 g/mol. The van der Waals surface area contributed by atoms with Crippen LogP contribution in [0.25, 0.3) is 10.2 Å². The van der Waals surface area contributed by atoms with E-state index >= 15 is 0 Å². The standard InChI is InChI=1S/C14H14N2O2S/c17-9-12(13-2-1-4-18-13)16-8-10-6-14-11(15-7-10)3-5-19-14/h1-7,12,16-17H,8-9H2. The first-order valence-electron chi connectivity index (χ1n) is 6.06. The summed E-state index contributed by atoms with van der Waals surface area (Å²) in [5, 5.41) is 14.7. The molecule has 3 aromatic heterocycles. The van der Waals surface area contributed by atoms with E-state index < -0.39 is 0 Å². The molecule has 0 fully saturated rings. The van der Waals surface area contributed by atoms with E-state index in [1.807, 2.05) is 29.8 Å². The molecule has 3 heterocycles. The number of hydrogen-bond donors (Lipinski definition) is 2. The van der Waals surface area contributed by atoms with Gasteiger partial charge in [-0.25, -0.2) is 0 Å². The fourth-order valence-corrected chi connectivity index (χ4v) is 2.77. The van der Waals surface area contributed by atoms with E-state index in [-0.39, 0.29) is 12.6 Å². The number of aliphatic hydroxyl groups is 1. The van der Waals surface area contributed by atoms with Crippen LogP contribution >= 0.6 is 11.3 Å². The molecule has 3 rings (SSSR count). The van der Waals surface area contributed by atoms with Crippen molar-refractivity contribution in [1.29, 1.82) is 0 Å². The highest BCUT2D eigenvalue weighted by molar-refractivity contribution is 7.17. The van der Waals surface area contributed by atoms with Crippen molar-refractivity contribution < 1.29 is 9.52 Å². The molecule has 4 nitrogen and oxygen atoms in total. The Morgan fingerprint density at radius 1 is 1.42 bits per heavy atom. The van der Waals surface area contributed by atoms with Crippen molar-refractivity contribution in [2.45, 2.75) is 12.6 Å². The number of thiophene rings is 1. The Kier molecular flexibility index (Phi) is 3.59. The van der Waals surface area contributed by atoms with Gasteiger partial charge in [-0.15, -0.1) is 11.3 Å². The summed E-state index contributed by atoms with van der Waals surface area (Å²) in [6.07, 6.45) is 3.47. The van der Waals surface area contributed by atoms with E-state index in [4.69, 9.17) is 4.42 Å². The SMILES string of the molecule is OCC(NCc1cnc2ccsc2c1)c1ccco1. The Morgan fingerprint density at radius 3 is 3.16 bits per heavy atom. The molecule has 0 aromatic carbocycles. The quantitative estimate of drug-likeness (QED) is 0.751. The zero-order valence-electron chi connectivity index (χ0n) is 10.2. The molecule has 0 aliphatic heterocycles. The summed E-state index contributed by atoms with van der Waals surface area (Å²) >= 11 is 1.68. The molecule has 0 aliphatic carbocycles. The summed E-state index contributed by atoms with van der Waals surface area (Å²) in [7, 11) is 0. The molecule has 0 saturated carbocycles. The Bertz CT molecular complexity index is 648. The first-order chi connectivity index (χ1) is 9.36. The van der Waals surface area contributed by atoms with Crippen LogP contribution in [0.3, 0.4) is 0 Å². The Balaban J connectivity index is 1.70. The van der Waals surface area contributed by atoms with Gasteiger partial charge in [0.15, 0.2) is 0 Å². The number of nitrogens with one attached hydrogen (secondary N) is 1. The van der Waals surface area contributed by atoms with E-state index in [2.05, 4.69) is 16.4 Å². The third-order valence-electron chi connectivity index (χ3n) is 2.98. The molecule has 0 radical (unpaired) electrons. The molecule has 0 saturated heterocycles. The highest BCUT2D eigenvalue weighted by Gasteiger charge is 2.12. The van der Waals surface area contributed by atoms with Crippen molar-refractivity contribution in [3.63, 3.8) is 0 Å². The maximum atomic E-state index is 9.38. The lowest BCUT2D eigenvalue weighted by Crippen LogP contribution is -2.23. The predicted octanol–water partition coefficient (Wildman–Crippen LogP) is 2.71. The lowest BCUT2D eigenvalue weighted by atomic mass is 10.2. The largest absolute Gasteiger partial charge is 0.468 e. The Hall–Kier alpha value is -1.69. The topological polar surface area (TPSA) is 58.3 Å². The summed E-state index contributed by atoms with van der Waals surface area (Å²) in [6.45, 7) is 0.648. The molecule has 0 spiro atoms. The molecular weight excluding hydrogens is 260 g/mol. The fourth-order valence-electron chi connectivity index (χ4n) is 1.97. The number of fused-ring (bicyclic) bond motifs is 1. The van der Waals surface area contributed by atoms with Gasteiger partial charge in [0.05, 0.1) is 29.1 Å². The van der Waals surface area contributed by atoms with Crippen LogP contribution in [0.4, 0.5) is 0 Å². The van der Waals surface area contributed by atoms with Crippen LogP contribution in [0.2, 0.25) is 0 Å². The summed E-state index contributed by atoms with van der Waals surface area (Å²) in [5.74, 6) is 0.743. The summed E-state index contributed by atoms with van der Waals surface area (Å²) in [4.78, 5) is 4.39. The molecule has 98 valence electrons. The lowest BCUT2D eigenvalue weighted by Gasteiger charge is -2.13. The Labute approximate surface area is 114 Å². The lowest BCUT2D eigenvalue weighted by molar-refractivity contribution is 0.225. The maximum Gasteiger partial charge on any atom is 0.123 e. The van der Waals surface area contributed by atoms with Crippen LogP contribution in [-0.2, 0) is 6.54 Å². The van der Waals surface area contributed by atoms with Gasteiger partial charge in [-0.2, -0.15) is 0 Å². The van der Waals surface area contributed by atoms with E-state index in [1.165, 1.54) is 4.70 Å². The van der Waals surface area contributed by atoms with Crippen LogP contribution < -0.4 is 5.32 Å². The van der Waals surface area contributed by atoms with Crippen LogP contribution in [0.1, 0.15) is 17.4 Å². The van der Waals surface area contributed by atoms with Crippen molar-refractivity contribution >= 4 is 21.6 Å². The van der Waals surface area contributed by atoms with Crippen molar-refractivity contribution in [3.8, 4) is 0 Å². The van der Waals surface area contributed by atoms with E-state index in [0.29, 0.717) is 6.54 Å². The first-order valence-corrected chi connectivity index (χ1v) is 6.94. The summed E-state index contributed by atoms with van der Waals surface area (Å²) in [6, 6.07) is 7.62. The average Bonchev–Trinajstić information content (AvgIpc) is 3.10. The van der Waals surface area contributed by atoms with Crippen molar-refractivity contribution in [1.82, 2.24) is 10.3 Å². The molecule has 5 heteroatoms. The summed E-state index contributed by atoms with van der Waals surface area (Å²) < 4.78 is 6.48. The number of aromatic nitrogens is 1. The molecule has 1 unspecified atom stereocenters. The third-order valence-corrected chi connectivity index (χ3v) is 3.83. The van der Waals surface area contributed by atoms with Crippen LogP contribution in [0, 0.1) is 0 Å². The van der Waals surface area contributed by atoms with Crippen LogP contribution in [0.5, 0.6) is 0 Å². The molecular formula is C14H14N2O2S. The molecule has 0 amide bonds. The monoisotopic (exact) mass is 274 g/mol. The highest BCUT2D eigenvalue weighted by atomic mass is 32.1. The first kappa shape index (κ1) is 12.3. The van der Waals surface area contributed by atoms with Crippen molar-refractivity contribution in [3.05, 3.63) is 53.4 Å². The second-order valence-electron chi connectivity index (χ2n) is 4.28. The molecule has 3 aromatic rings. The number of rotatable bonds is 5. The van der Waals surface area contributed by atoms with Gasteiger partial charge in [-0.3, -0.25) is 4.98 Å². The fraction of sp³-hybridized carbons (Fsp3) is 0.214. The van der Waals surface area contributed by atoms with Gasteiger partial charge in [0.25, 0.3) is 0 Å². The minimum absolute atomic E-state index is 0.00217. The van der Waals surface area contributed by atoms with Crippen LogP contribution in [0.15, 0.2) is 46.5 Å². The Morgan fingerprint density at radius 2 is 2.37 bits per heavy atom. The molecule has 1 atom stereocenters. The second-order valence-corrected chi connectivity index (χ2v) is 5.23. The van der Waals surface area contributed by atoms with Crippen LogP contribution in [-0.4, -0.2) is 16.7 Å². The van der Waals surface area contributed by atoms with Gasteiger partial charge in [0.2, 0.25) is 0 Å². The van der Waals surface area contributed by atoms with E-state index in [0.717, 1.165) is 16.8 Å². The zero-order valence-corrected chi connectivity index (χ0v) is 11.1. The number of aliphatic hydroxyl groups excluding tert-OH is 1. The zero-order chi connectivity index (χ0) is 13.1. The smallest absolute Gasteiger partial charge is 0.123 e. The van der Waals surface area contributed by atoms with Crippen molar-refractivity contribution in [2.24, 2.45) is 0 Å². The van der Waals surface area contributed by atoms with Gasteiger partial charge >= 0.3 is 0 Å². The van der Waals surface area contributed by atoms with Gasteiger partial charge in [-0.1, -0.05) is 0 Å². The molecule has 0 bridgehead atoms. The number of pyridine rings is 1. The predicted molar refractivity (Wildman–Crippen MR) is 75.0 cm³/mol. The third kappa shape index (κ3) is 2.68. The van der Waals surface area contributed by atoms with Gasteiger partial charge < -0.3 is 14.8 Å². The van der Waals surface area contributed by atoms with E-state index in [9.17, 15) is 5.11 Å². The summed E-state index contributed by atoms with van der Waals surface area (Å²) in [5.41, 5.74) is 2.12. The number of nitrogens with zero attached hydrogens (tertiary/aromatic N) is 1. The molecule has 0 aliphatic rings. The minimum atomic E-state index is -0.186. The normalized spacial score (nSPS) is 12.9. The van der Waals surface area contributed by atoms with Gasteiger partial charge in [0, 0.05) is 12.7 Å². The maximum absolute atomic E-state index is 9.38. The minimum Gasteiger partial charge on any atom is -0.468 e. The molecule has 2 N–H and O–H groups in total. The van der Waals surface area contributed by atoms with Gasteiger partial charge in [-0.05, 0) is 35.2 Å². The molecule has 19 heavy (non-hydrogen) atoms. The van der Waals surface area contributed by atoms with E-state index in [1.54, 1.807) is 17.6 Å². The highest BCUT2D eigenvalue weighted by Crippen LogP contribution is 2.20.